The van der Waals surface area contributed by atoms with Gasteiger partial charge in [0.25, 0.3) is 0 Å². The molecule has 0 aromatic heterocycles. The van der Waals surface area contributed by atoms with Gasteiger partial charge in [-0.15, -0.1) is 0 Å². The number of aliphatic hydroxyl groups excluding tert-OH is 1. The molecule has 1 aromatic rings. The van der Waals surface area contributed by atoms with Gasteiger partial charge in [0.2, 0.25) is 0 Å². The summed E-state index contributed by atoms with van der Waals surface area (Å²) in [5, 5.41) is 8.50. The summed E-state index contributed by atoms with van der Waals surface area (Å²) in [6.07, 6.45) is 0. The highest BCUT2D eigenvalue weighted by Gasteiger charge is 1.98. The monoisotopic (exact) mass is 200 g/mol. The summed E-state index contributed by atoms with van der Waals surface area (Å²) < 4.78 is 0. The van der Waals surface area contributed by atoms with Crippen molar-refractivity contribution in [2.45, 2.75) is 11.9 Å². The van der Waals surface area contributed by atoms with Crippen LogP contribution in [0.1, 0.15) is 16.1 Å². The van der Waals surface area contributed by atoms with Gasteiger partial charge in [-0.3, -0.25) is 0 Å². The third-order valence-corrected chi connectivity index (χ3v) is 1.88. The third-order valence-electron chi connectivity index (χ3n) is 1.35. The van der Waals surface area contributed by atoms with E-state index in [1.165, 1.54) is 5.56 Å². The SMILES string of the molecule is Cc1ccc(C(O)Br)cc1. The molecular weight excluding hydrogens is 192 g/mol. The second-order valence-corrected chi connectivity index (χ2v) is 3.11. The lowest BCUT2D eigenvalue weighted by atomic mass is 10.2. The van der Waals surface area contributed by atoms with E-state index >= 15 is 0 Å². The van der Waals surface area contributed by atoms with Gasteiger partial charge in [0.05, 0.1) is 0 Å². The zero-order valence-corrected chi connectivity index (χ0v) is 7.30. The first kappa shape index (κ1) is 7.76. The van der Waals surface area contributed by atoms with Crippen LogP contribution in [0, 0.1) is 6.92 Å². The van der Waals surface area contributed by atoms with Crippen molar-refractivity contribution in [2.24, 2.45) is 0 Å². The van der Waals surface area contributed by atoms with Crippen molar-refractivity contribution in [3.05, 3.63) is 35.4 Å². The van der Waals surface area contributed by atoms with Crippen LogP contribution in [0.5, 0.6) is 0 Å². The van der Waals surface area contributed by atoms with Crippen LogP contribution in [-0.2, 0) is 0 Å². The molecule has 0 bridgehead atoms. The van der Waals surface area contributed by atoms with E-state index in [9.17, 15) is 0 Å². The van der Waals surface area contributed by atoms with E-state index in [0.717, 1.165) is 5.56 Å². The van der Waals surface area contributed by atoms with Gasteiger partial charge >= 0.3 is 0 Å². The van der Waals surface area contributed by atoms with E-state index in [-0.39, 0.29) is 0 Å². The molecule has 54 valence electrons. The molecule has 1 unspecified atom stereocenters. The molecule has 2 heteroatoms. The molecule has 1 rings (SSSR count). The first-order chi connectivity index (χ1) is 4.70. The fourth-order valence-electron chi connectivity index (χ4n) is 0.725. The Balaban J connectivity index is 2.89. The maximum absolute atomic E-state index is 9.03. The molecule has 0 radical (unpaired) electrons. The number of aryl methyl sites for hydroxylation is 1. The minimum atomic E-state index is -0.534. The first-order valence-corrected chi connectivity index (χ1v) is 4.00. The number of aliphatic hydroxyl groups is 1. The summed E-state index contributed by atoms with van der Waals surface area (Å²) in [7, 11) is 0. The van der Waals surface area contributed by atoms with Crippen LogP contribution in [0.3, 0.4) is 0 Å². The van der Waals surface area contributed by atoms with Crippen molar-refractivity contribution in [2.75, 3.05) is 0 Å². The van der Waals surface area contributed by atoms with Crippen LogP contribution in [-0.4, -0.2) is 5.11 Å². The second kappa shape index (κ2) is 3.17. The zero-order valence-electron chi connectivity index (χ0n) is 5.71. The third kappa shape index (κ3) is 1.82. The fraction of sp³-hybridized carbons (Fsp3) is 0.250. The van der Waals surface area contributed by atoms with E-state index in [1.54, 1.807) is 0 Å². The average Bonchev–Trinajstić information content (AvgIpc) is 1.88. The Hall–Kier alpha value is -0.340. The fourth-order valence-corrected chi connectivity index (χ4v) is 1.03. The average molecular weight is 201 g/mol. The van der Waals surface area contributed by atoms with Crippen LogP contribution in [0.4, 0.5) is 0 Å². The molecule has 0 saturated heterocycles. The molecule has 1 nitrogen and oxygen atoms in total. The summed E-state index contributed by atoms with van der Waals surface area (Å²) in [6, 6.07) is 7.74. The molecular formula is C8H9BrO. The summed E-state index contributed by atoms with van der Waals surface area (Å²) in [6.45, 7) is 2.02. The van der Waals surface area contributed by atoms with Gasteiger partial charge in [0.1, 0.15) is 5.01 Å². The molecule has 0 heterocycles. The van der Waals surface area contributed by atoms with Crippen LogP contribution in [0.15, 0.2) is 24.3 Å². The number of benzene rings is 1. The number of hydrogen-bond acceptors (Lipinski definition) is 1. The summed E-state index contributed by atoms with van der Waals surface area (Å²) in [4.78, 5) is 0. The van der Waals surface area contributed by atoms with Gasteiger partial charge in [-0.05, 0) is 12.5 Å². The van der Waals surface area contributed by atoms with Gasteiger partial charge < -0.3 is 5.11 Å². The Bertz CT molecular complexity index is 203. The normalized spacial score (nSPS) is 13.1. The highest BCUT2D eigenvalue weighted by atomic mass is 79.9. The van der Waals surface area contributed by atoms with Crippen molar-refractivity contribution in [1.82, 2.24) is 0 Å². The van der Waals surface area contributed by atoms with Crippen molar-refractivity contribution in [3.8, 4) is 0 Å². The lowest BCUT2D eigenvalue weighted by Gasteiger charge is -2.01. The molecule has 1 aromatic carbocycles. The number of rotatable bonds is 1. The van der Waals surface area contributed by atoms with Crippen molar-refractivity contribution < 1.29 is 5.11 Å². The smallest absolute Gasteiger partial charge is 0.134 e. The Morgan fingerprint density at radius 1 is 1.30 bits per heavy atom. The summed E-state index contributed by atoms with van der Waals surface area (Å²) in [5.41, 5.74) is 2.10. The minimum absolute atomic E-state index is 0.534. The molecule has 0 fully saturated rings. The van der Waals surface area contributed by atoms with Crippen molar-refractivity contribution in [1.29, 1.82) is 0 Å². The van der Waals surface area contributed by atoms with E-state index in [2.05, 4.69) is 15.9 Å². The molecule has 0 aliphatic carbocycles. The molecule has 0 spiro atoms. The van der Waals surface area contributed by atoms with Crippen molar-refractivity contribution in [3.63, 3.8) is 0 Å². The second-order valence-electron chi connectivity index (χ2n) is 2.25. The van der Waals surface area contributed by atoms with E-state index in [0.29, 0.717) is 0 Å². The van der Waals surface area contributed by atoms with Crippen LogP contribution in [0.25, 0.3) is 0 Å². The lowest BCUT2D eigenvalue weighted by molar-refractivity contribution is 0.277. The van der Waals surface area contributed by atoms with Crippen molar-refractivity contribution >= 4 is 15.9 Å². The molecule has 0 aliphatic rings. The van der Waals surface area contributed by atoms with Gasteiger partial charge in [-0.25, -0.2) is 0 Å². The maximum Gasteiger partial charge on any atom is 0.134 e. The van der Waals surface area contributed by atoms with Gasteiger partial charge in [-0.1, -0.05) is 45.8 Å². The maximum atomic E-state index is 9.03. The van der Waals surface area contributed by atoms with Gasteiger partial charge in [-0.2, -0.15) is 0 Å². The Morgan fingerprint density at radius 2 is 1.80 bits per heavy atom. The molecule has 0 saturated carbocycles. The van der Waals surface area contributed by atoms with Gasteiger partial charge in [0.15, 0.2) is 0 Å². The van der Waals surface area contributed by atoms with E-state index in [4.69, 9.17) is 5.11 Å². The first-order valence-electron chi connectivity index (χ1n) is 3.09. The minimum Gasteiger partial charge on any atom is -0.377 e. The van der Waals surface area contributed by atoms with Crippen LogP contribution in [0.2, 0.25) is 0 Å². The predicted molar refractivity (Wildman–Crippen MR) is 45.1 cm³/mol. The predicted octanol–water partition coefficient (Wildman–Crippen LogP) is 2.38. The largest absolute Gasteiger partial charge is 0.377 e. The Morgan fingerprint density at radius 3 is 2.20 bits per heavy atom. The van der Waals surface area contributed by atoms with Crippen LogP contribution < -0.4 is 0 Å². The molecule has 0 aliphatic heterocycles. The molecule has 0 amide bonds. The zero-order chi connectivity index (χ0) is 7.56. The highest BCUT2D eigenvalue weighted by molar-refractivity contribution is 9.09. The topological polar surface area (TPSA) is 20.2 Å². The molecule has 10 heavy (non-hydrogen) atoms. The standard InChI is InChI=1S/C8H9BrO/c1-6-2-4-7(5-3-6)8(9)10/h2-5,8,10H,1H3. The van der Waals surface area contributed by atoms with E-state index < -0.39 is 5.01 Å². The van der Waals surface area contributed by atoms with Gasteiger partial charge in [0, 0.05) is 0 Å². The summed E-state index contributed by atoms with van der Waals surface area (Å²) >= 11 is 3.06. The lowest BCUT2D eigenvalue weighted by Crippen LogP contribution is -1.85. The number of halogens is 1. The molecule has 1 N–H and O–H groups in total. The quantitative estimate of drug-likeness (QED) is 0.691. The van der Waals surface area contributed by atoms with Crippen LogP contribution >= 0.6 is 15.9 Å². The Labute approximate surface area is 68.8 Å². The highest BCUT2D eigenvalue weighted by Crippen LogP contribution is 2.18. The Kier molecular flexibility index (Phi) is 2.46. The summed E-state index contributed by atoms with van der Waals surface area (Å²) in [5.74, 6) is 0. The number of alkyl halides is 1. The molecule has 1 atom stereocenters. The van der Waals surface area contributed by atoms with E-state index in [1.807, 2.05) is 31.2 Å². The number of hydrogen-bond donors (Lipinski definition) is 1.